The molecule has 4 nitrogen and oxygen atoms in total. The summed E-state index contributed by atoms with van der Waals surface area (Å²) in [5.41, 5.74) is 2.57. The number of aromatic carboxylic acids is 1. The van der Waals surface area contributed by atoms with Crippen molar-refractivity contribution in [2.75, 3.05) is 5.32 Å². The first-order chi connectivity index (χ1) is 13.0. The summed E-state index contributed by atoms with van der Waals surface area (Å²) < 4.78 is 15.9. The van der Waals surface area contributed by atoms with Crippen molar-refractivity contribution in [1.82, 2.24) is 4.57 Å². The molecule has 3 aromatic carbocycles. The second-order valence-electron chi connectivity index (χ2n) is 6.03. The molecular weight excluding hydrogens is 367 g/mol. The van der Waals surface area contributed by atoms with Gasteiger partial charge >= 0.3 is 5.97 Å². The summed E-state index contributed by atoms with van der Waals surface area (Å²) in [6.45, 7) is 0. The third kappa shape index (κ3) is 3.25. The van der Waals surface area contributed by atoms with E-state index in [4.69, 9.17) is 11.6 Å². The number of carbonyl (C=O) groups is 1. The molecule has 0 unspecified atom stereocenters. The first-order valence-corrected chi connectivity index (χ1v) is 8.56. The average Bonchev–Trinajstić information content (AvgIpc) is 3.06. The molecule has 0 fully saturated rings. The molecule has 0 atom stereocenters. The number of hydrogen-bond acceptors (Lipinski definition) is 2. The highest BCUT2D eigenvalue weighted by molar-refractivity contribution is 6.31. The molecular formula is C21H14ClFN2O2. The molecule has 0 saturated carbocycles. The van der Waals surface area contributed by atoms with Crippen molar-refractivity contribution in [3.05, 3.63) is 89.3 Å². The molecule has 6 heteroatoms. The van der Waals surface area contributed by atoms with Gasteiger partial charge in [-0.05, 0) is 54.6 Å². The van der Waals surface area contributed by atoms with Crippen LogP contribution < -0.4 is 5.32 Å². The summed E-state index contributed by atoms with van der Waals surface area (Å²) >= 11 is 5.89. The molecule has 4 aromatic rings. The van der Waals surface area contributed by atoms with E-state index in [-0.39, 0.29) is 11.4 Å². The van der Waals surface area contributed by atoms with E-state index in [0.29, 0.717) is 16.4 Å². The number of hydrogen-bond donors (Lipinski definition) is 2. The molecule has 0 spiro atoms. The fraction of sp³-hybridized carbons (Fsp3) is 0. The average molecular weight is 381 g/mol. The fourth-order valence-electron chi connectivity index (χ4n) is 3.04. The molecule has 1 heterocycles. The molecule has 1 aromatic heterocycles. The van der Waals surface area contributed by atoms with Crippen LogP contribution in [0.1, 0.15) is 10.4 Å². The summed E-state index contributed by atoms with van der Waals surface area (Å²) in [6, 6.07) is 18.7. The Balaban J connectivity index is 1.72. The smallest absolute Gasteiger partial charge is 0.337 e. The maximum Gasteiger partial charge on any atom is 0.337 e. The quantitative estimate of drug-likeness (QED) is 0.466. The Kier molecular flexibility index (Phi) is 4.30. The van der Waals surface area contributed by atoms with E-state index in [0.717, 1.165) is 16.6 Å². The Hall–Kier alpha value is -3.31. The second-order valence-corrected chi connectivity index (χ2v) is 6.47. The molecule has 0 saturated heterocycles. The molecule has 0 radical (unpaired) electrons. The number of rotatable bonds is 4. The number of anilines is 2. The van der Waals surface area contributed by atoms with Crippen molar-refractivity contribution < 1.29 is 14.3 Å². The van der Waals surface area contributed by atoms with Crippen LogP contribution in [0.2, 0.25) is 5.02 Å². The number of nitrogens with zero attached hydrogens (tertiary/aromatic N) is 1. The first kappa shape index (κ1) is 17.1. The van der Waals surface area contributed by atoms with Crippen molar-refractivity contribution in [3.8, 4) is 5.69 Å². The standard InChI is InChI=1S/C21H14ClFN2O2/c22-14-5-7-18(16(12-14)21(26)27)24-15-6-8-19-13(11-15)9-10-25(19)20-4-2-1-3-17(20)23/h1-12,24H,(H,26,27). The summed E-state index contributed by atoms with van der Waals surface area (Å²) in [5, 5.41) is 13.7. The van der Waals surface area contributed by atoms with E-state index in [1.807, 2.05) is 24.3 Å². The van der Waals surface area contributed by atoms with Crippen LogP contribution in [0, 0.1) is 5.82 Å². The van der Waals surface area contributed by atoms with Crippen LogP contribution >= 0.6 is 11.6 Å². The number of para-hydroxylation sites is 1. The molecule has 4 rings (SSSR count). The zero-order valence-corrected chi connectivity index (χ0v) is 14.7. The van der Waals surface area contributed by atoms with Crippen molar-refractivity contribution in [2.45, 2.75) is 0 Å². The predicted octanol–water partition coefficient (Wildman–Crippen LogP) is 5.86. The number of halogens is 2. The Morgan fingerprint density at radius 3 is 2.63 bits per heavy atom. The maximum atomic E-state index is 14.1. The van der Waals surface area contributed by atoms with Gasteiger partial charge in [0.2, 0.25) is 0 Å². The van der Waals surface area contributed by atoms with E-state index >= 15 is 0 Å². The SMILES string of the molecule is O=C(O)c1cc(Cl)ccc1Nc1ccc2c(ccn2-c2ccccc2F)c1. The zero-order chi connectivity index (χ0) is 19.0. The van der Waals surface area contributed by atoms with Crippen LogP contribution in [-0.2, 0) is 0 Å². The van der Waals surface area contributed by atoms with Gasteiger partial charge in [-0.25, -0.2) is 9.18 Å². The largest absolute Gasteiger partial charge is 0.478 e. The lowest BCUT2D eigenvalue weighted by atomic mass is 10.1. The van der Waals surface area contributed by atoms with Crippen LogP contribution in [-0.4, -0.2) is 15.6 Å². The number of carboxylic acids is 1. The highest BCUT2D eigenvalue weighted by Crippen LogP contribution is 2.28. The molecule has 0 bridgehead atoms. The Morgan fingerprint density at radius 1 is 1.04 bits per heavy atom. The maximum absolute atomic E-state index is 14.1. The van der Waals surface area contributed by atoms with Crippen molar-refractivity contribution >= 4 is 39.8 Å². The topological polar surface area (TPSA) is 54.3 Å². The van der Waals surface area contributed by atoms with Gasteiger partial charge in [-0.15, -0.1) is 0 Å². The zero-order valence-electron chi connectivity index (χ0n) is 14.0. The summed E-state index contributed by atoms with van der Waals surface area (Å²) in [4.78, 5) is 11.4. The van der Waals surface area contributed by atoms with Gasteiger partial charge in [0.05, 0.1) is 22.5 Å². The lowest BCUT2D eigenvalue weighted by molar-refractivity contribution is 0.0698. The van der Waals surface area contributed by atoms with Gasteiger partial charge < -0.3 is 15.0 Å². The van der Waals surface area contributed by atoms with Gasteiger partial charge in [0.1, 0.15) is 5.82 Å². The van der Waals surface area contributed by atoms with Gasteiger partial charge in [0, 0.05) is 22.3 Å². The van der Waals surface area contributed by atoms with Crippen molar-refractivity contribution in [3.63, 3.8) is 0 Å². The third-order valence-corrected chi connectivity index (χ3v) is 4.53. The highest BCUT2D eigenvalue weighted by atomic mass is 35.5. The molecule has 134 valence electrons. The lowest BCUT2D eigenvalue weighted by Gasteiger charge is -2.11. The molecule has 2 N–H and O–H groups in total. The van der Waals surface area contributed by atoms with Crippen LogP contribution in [0.25, 0.3) is 16.6 Å². The molecule has 27 heavy (non-hydrogen) atoms. The summed E-state index contributed by atoms with van der Waals surface area (Å²) in [7, 11) is 0. The van der Waals surface area contributed by atoms with E-state index < -0.39 is 5.97 Å². The minimum Gasteiger partial charge on any atom is -0.478 e. The minimum absolute atomic E-state index is 0.0894. The van der Waals surface area contributed by atoms with E-state index in [2.05, 4.69) is 5.32 Å². The van der Waals surface area contributed by atoms with Gasteiger partial charge in [-0.1, -0.05) is 23.7 Å². The molecule has 0 aliphatic heterocycles. The Labute approximate surface area is 159 Å². The predicted molar refractivity (Wildman–Crippen MR) is 105 cm³/mol. The van der Waals surface area contributed by atoms with E-state index in [9.17, 15) is 14.3 Å². The number of nitrogens with one attached hydrogen (secondary N) is 1. The minimum atomic E-state index is -1.06. The fourth-order valence-corrected chi connectivity index (χ4v) is 3.21. The Bertz CT molecular complexity index is 1170. The second kappa shape index (κ2) is 6.78. The summed E-state index contributed by atoms with van der Waals surface area (Å²) in [5.74, 6) is -1.36. The van der Waals surface area contributed by atoms with E-state index in [1.54, 1.807) is 41.1 Å². The van der Waals surface area contributed by atoms with Crippen LogP contribution in [0.3, 0.4) is 0 Å². The van der Waals surface area contributed by atoms with Crippen LogP contribution in [0.15, 0.2) is 72.9 Å². The van der Waals surface area contributed by atoms with Crippen LogP contribution in [0.4, 0.5) is 15.8 Å². The summed E-state index contributed by atoms with van der Waals surface area (Å²) in [6.07, 6.45) is 1.80. The van der Waals surface area contributed by atoms with Crippen LogP contribution in [0.5, 0.6) is 0 Å². The van der Waals surface area contributed by atoms with Gasteiger partial charge in [-0.2, -0.15) is 0 Å². The van der Waals surface area contributed by atoms with Gasteiger partial charge in [-0.3, -0.25) is 0 Å². The highest BCUT2D eigenvalue weighted by Gasteiger charge is 2.12. The van der Waals surface area contributed by atoms with E-state index in [1.165, 1.54) is 12.1 Å². The Morgan fingerprint density at radius 2 is 1.85 bits per heavy atom. The van der Waals surface area contributed by atoms with Crippen molar-refractivity contribution in [2.24, 2.45) is 0 Å². The number of carboxylic acid groups (broad SMARTS) is 1. The number of benzene rings is 3. The van der Waals surface area contributed by atoms with Gasteiger partial charge in [0.15, 0.2) is 0 Å². The molecule has 0 amide bonds. The van der Waals surface area contributed by atoms with Crippen molar-refractivity contribution in [1.29, 1.82) is 0 Å². The molecule has 0 aliphatic rings. The first-order valence-electron chi connectivity index (χ1n) is 8.19. The lowest BCUT2D eigenvalue weighted by Crippen LogP contribution is -2.02. The third-order valence-electron chi connectivity index (χ3n) is 4.29. The monoisotopic (exact) mass is 380 g/mol. The number of fused-ring (bicyclic) bond motifs is 1. The normalized spacial score (nSPS) is 10.9. The molecule has 0 aliphatic carbocycles. The number of aromatic nitrogens is 1. The van der Waals surface area contributed by atoms with Gasteiger partial charge in [0.25, 0.3) is 0 Å².